The third kappa shape index (κ3) is 4.00. The molecule has 1 amide bonds. The van der Waals surface area contributed by atoms with Gasteiger partial charge in [0.15, 0.2) is 0 Å². The number of hydrogen-bond acceptors (Lipinski definition) is 4. The predicted octanol–water partition coefficient (Wildman–Crippen LogP) is 2.30. The average molecular weight is 293 g/mol. The Morgan fingerprint density at radius 1 is 1.30 bits per heavy atom. The summed E-state index contributed by atoms with van der Waals surface area (Å²) in [7, 11) is 1.36. The Morgan fingerprint density at radius 3 is 2.50 bits per heavy atom. The van der Waals surface area contributed by atoms with Crippen LogP contribution in [0.2, 0.25) is 0 Å². The van der Waals surface area contributed by atoms with Crippen molar-refractivity contribution < 1.29 is 14.3 Å². The normalized spacial score (nSPS) is 17.1. The number of thioether (sulfide) groups is 1. The lowest BCUT2D eigenvalue weighted by atomic mass is 10.1. The highest BCUT2D eigenvalue weighted by Crippen LogP contribution is 2.34. The minimum absolute atomic E-state index is 0.0283. The van der Waals surface area contributed by atoms with E-state index in [2.05, 4.69) is 5.32 Å². The van der Waals surface area contributed by atoms with E-state index in [1.165, 1.54) is 18.9 Å². The van der Waals surface area contributed by atoms with Gasteiger partial charge in [-0.05, 0) is 25.3 Å². The Morgan fingerprint density at radius 2 is 1.95 bits per heavy atom. The van der Waals surface area contributed by atoms with Gasteiger partial charge in [-0.1, -0.05) is 30.3 Å². The Balaban J connectivity index is 2.10. The molecule has 1 aromatic carbocycles. The first-order chi connectivity index (χ1) is 9.61. The van der Waals surface area contributed by atoms with Gasteiger partial charge in [0.25, 0.3) is 0 Å². The number of esters is 1. The van der Waals surface area contributed by atoms with Crippen LogP contribution in [0.1, 0.15) is 30.6 Å². The number of carbonyl (C=O) groups is 2. The van der Waals surface area contributed by atoms with Crippen molar-refractivity contribution in [3.63, 3.8) is 0 Å². The topological polar surface area (TPSA) is 55.4 Å². The van der Waals surface area contributed by atoms with Gasteiger partial charge in [-0.3, -0.25) is 9.59 Å². The highest BCUT2D eigenvalue weighted by molar-refractivity contribution is 8.01. The van der Waals surface area contributed by atoms with E-state index >= 15 is 0 Å². The van der Waals surface area contributed by atoms with E-state index in [-0.39, 0.29) is 22.4 Å². The van der Waals surface area contributed by atoms with Gasteiger partial charge in [0.2, 0.25) is 5.91 Å². The second-order valence-corrected chi connectivity index (χ2v) is 6.33. The van der Waals surface area contributed by atoms with Crippen LogP contribution in [-0.4, -0.2) is 30.3 Å². The molecule has 1 aliphatic rings. The molecule has 108 valence electrons. The van der Waals surface area contributed by atoms with Crippen molar-refractivity contribution in [2.24, 2.45) is 0 Å². The SMILES string of the molecule is COC(=O)C(C)SC(C(=O)NC1CC1)c1ccccc1. The first kappa shape index (κ1) is 14.9. The summed E-state index contributed by atoms with van der Waals surface area (Å²) in [6.45, 7) is 1.76. The molecule has 0 radical (unpaired) electrons. The molecule has 0 spiro atoms. The van der Waals surface area contributed by atoms with Crippen LogP contribution < -0.4 is 5.32 Å². The van der Waals surface area contributed by atoms with E-state index in [0.717, 1.165) is 18.4 Å². The van der Waals surface area contributed by atoms with Crippen LogP contribution in [0.15, 0.2) is 30.3 Å². The molecule has 20 heavy (non-hydrogen) atoms. The number of methoxy groups -OCH3 is 1. The molecule has 2 atom stereocenters. The van der Waals surface area contributed by atoms with Gasteiger partial charge in [-0.2, -0.15) is 0 Å². The van der Waals surface area contributed by atoms with Crippen molar-refractivity contribution >= 4 is 23.6 Å². The van der Waals surface area contributed by atoms with E-state index < -0.39 is 0 Å². The number of nitrogens with one attached hydrogen (secondary N) is 1. The Labute approximate surface area is 123 Å². The summed E-state index contributed by atoms with van der Waals surface area (Å²) in [6, 6.07) is 9.84. The minimum atomic E-state index is -0.383. The van der Waals surface area contributed by atoms with Gasteiger partial charge < -0.3 is 10.1 Å². The smallest absolute Gasteiger partial charge is 0.318 e. The van der Waals surface area contributed by atoms with Crippen LogP contribution in [-0.2, 0) is 14.3 Å². The second kappa shape index (κ2) is 6.79. The van der Waals surface area contributed by atoms with Crippen molar-refractivity contribution in [3.8, 4) is 0 Å². The van der Waals surface area contributed by atoms with E-state index in [0.29, 0.717) is 6.04 Å². The lowest BCUT2D eigenvalue weighted by Gasteiger charge is -2.19. The lowest BCUT2D eigenvalue weighted by molar-refractivity contribution is -0.139. The maximum absolute atomic E-state index is 12.4. The molecule has 0 aliphatic heterocycles. The van der Waals surface area contributed by atoms with Gasteiger partial charge >= 0.3 is 5.97 Å². The molecule has 0 heterocycles. The monoisotopic (exact) mass is 293 g/mol. The fourth-order valence-corrected chi connectivity index (χ4v) is 2.97. The molecule has 1 saturated carbocycles. The second-order valence-electron chi connectivity index (χ2n) is 4.88. The zero-order valence-electron chi connectivity index (χ0n) is 11.7. The molecule has 1 aliphatic carbocycles. The Hall–Kier alpha value is -1.49. The number of rotatable bonds is 6. The number of benzene rings is 1. The lowest BCUT2D eigenvalue weighted by Crippen LogP contribution is -2.31. The molecule has 2 unspecified atom stereocenters. The fraction of sp³-hybridized carbons (Fsp3) is 0.467. The summed E-state index contributed by atoms with van der Waals surface area (Å²) >= 11 is 1.32. The Bertz CT molecular complexity index is 473. The largest absolute Gasteiger partial charge is 0.468 e. The van der Waals surface area contributed by atoms with Crippen LogP contribution in [0, 0.1) is 0 Å². The van der Waals surface area contributed by atoms with E-state index in [1.54, 1.807) is 6.92 Å². The van der Waals surface area contributed by atoms with E-state index in [1.807, 2.05) is 30.3 Å². The van der Waals surface area contributed by atoms with Crippen molar-refractivity contribution in [3.05, 3.63) is 35.9 Å². The molecule has 0 bridgehead atoms. The summed E-state index contributed by atoms with van der Waals surface area (Å²) in [4.78, 5) is 23.9. The summed E-state index contributed by atoms with van der Waals surface area (Å²) in [5.41, 5.74) is 0.909. The van der Waals surface area contributed by atoms with Gasteiger partial charge in [-0.25, -0.2) is 0 Å². The molecular formula is C15H19NO3S. The molecule has 4 nitrogen and oxygen atoms in total. The zero-order valence-corrected chi connectivity index (χ0v) is 12.5. The van der Waals surface area contributed by atoms with Crippen molar-refractivity contribution in [2.45, 2.75) is 36.3 Å². The molecule has 1 aromatic rings. The number of hydrogen-bond donors (Lipinski definition) is 1. The summed E-state index contributed by atoms with van der Waals surface area (Å²) in [5, 5.41) is 2.24. The van der Waals surface area contributed by atoms with E-state index in [9.17, 15) is 9.59 Å². The number of ether oxygens (including phenoxy) is 1. The van der Waals surface area contributed by atoms with Gasteiger partial charge in [0.05, 0.1) is 7.11 Å². The van der Waals surface area contributed by atoms with Gasteiger partial charge in [0.1, 0.15) is 10.5 Å². The Kier molecular flexibility index (Phi) is 5.06. The molecular weight excluding hydrogens is 274 g/mol. The minimum Gasteiger partial charge on any atom is -0.468 e. The quantitative estimate of drug-likeness (QED) is 0.818. The van der Waals surface area contributed by atoms with Crippen LogP contribution in [0.3, 0.4) is 0 Å². The van der Waals surface area contributed by atoms with E-state index in [4.69, 9.17) is 4.74 Å². The predicted molar refractivity (Wildman–Crippen MR) is 79.4 cm³/mol. The fourth-order valence-electron chi connectivity index (χ4n) is 1.85. The van der Waals surface area contributed by atoms with Crippen LogP contribution in [0.4, 0.5) is 0 Å². The van der Waals surface area contributed by atoms with Crippen LogP contribution in [0.25, 0.3) is 0 Å². The highest BCUT2D eigenvalue weighted by atomic mass is 32.2. The molecule has 0 saturated heterocycles. The number of carbonyl (C=O) groups excluding carboxylic acids is 2. The molecule has 2 rings (SSSR count). The van der Waals surface area contributed by atoms with Gasteiger partial charge in [0, 0.05) is 6.04 Å². The summed E-state index contributed by atoms with van der Waals surface area (Å²) < 4.78 is 4.73. The van der Waals surface area contributed by atoms with Crippen LogP contribution >= 0.6 is 11.8 Å². The van der Waals surface area contributed by atoms with Gasteiger partial charge in [-0.15, -0.1) is 11.8 Å². The first-order valence-electron chi connectivity index (χ1n) is 6.70. The van der Waals surface area contributed by atoms with Crippen LogP contribution in [0.5, 0.6) is 0 Å². The van der Waals surface area contributed by atoms with Crippen molar-refractivity contribution in [1.29, 1.82) is 0 Å². The third-order valence-corrected chi connectivity index (χ3v) is 4.50. The first-order valence-corrected chi connectivity index (χ1v) is 7.64. The standard InChI is InChI=1S/C15H19NO3S/c1-10(15(18)19-2)20-13(11-6-4-3-5-7-11)14(17)16-12-8-9-12/h3-7,10,12-13H,8-9H2,1-2H3,(H,16,17). The maximum atomic E-state index is 12.4. The summed E-state index contributed by atoms with van der Waals surface area (Å²) in [6.07, 6.45) is 2.09. The third-order valence-electron chi connectivity index (χ3n) is 3.14. The molecule has 1 fully saturated rings. The zero-order chi connectivity index (χ0) is 14.5. The highest BCUT2D eigenvalue weighted by Gasteiger charge is 2.31. The molecule has 5 heteroatoms. The van der Waals surface area contributed by atoms with Crippen molar-refractivity contribution in [2.75, 3.05) is 7.11 Å². The summed E-state index contributed by atoms with van der Waals surface area (Å²) in [5.74, 6) is -0.338. The maximum Gasteiger partial charge on any atom is 0.318 e. The molecule has 1 N–H and O–H groups in total. The molecule has 0 aromatic heterocycles. The number of amides is 1. The average Bonchev–Trinajstić information content (AvgIpc) is 3.28. The van der Waals surface area contributed by atoms with Crippen molar-refractivity contribution in [1.82, 2.24) is 5.32 Å².